The molecule has 0 spiro atoms. The minimum absolute atomic E-state index is 0.609. The summed E-state index contributed by atoms with van der Waals surface area (Å²) < 4.78 is 4.97. The highest BCUT2D eigenvalue weighted by atomic mass is 35.5. The van der Waals surface area contributed by atoms with E-state index in [1.165, 1.54) is 4.88 Å². The van der Waals surface area contributed by atoms with E-state index < -0.39 is 0 Å². The SMILES string of the molecule is COCCNCC(C)Cc1sccc1Cl. The zero-order valence-corrected chi connectivity index (χ0v) is 10.8. The predicted octanol–water partition coefficient (Wildman–Crippen LogP) is 2.82. The average Bonchev–Trinajstić information content (AvgIpc) is 2.59. The van der Waals surface area contributed by atoms with Crippen LogP contribution in [-0.4, -0.2) is 26.8 Å². The molecule has 86 valence electrons. The number of methoxy groups -OCH3 is 1. The van der Waals surface area contributed by atoms with E-state index in [1.54, 1.807) is 18.4 Å². The first-order valence-electron chi connectivity index (χ1n) is 5.15. The molecule has 0 radical (unpaired) electrons. The van der Waals surface area contributed by atoms with Gasteiger partial charge in [-0.15, -0.1) is 11.3 Å². The lowest BCUT2D eigenvalue weighted by Gasteiger charge is -2.11. The summed E-state index contributed by atoms with van der Waals surface area (Å²) in [4.78, 5) is 1.29. The Bertz CT molecular complexity index is 277. The molecule has 0 aromatic carbocycles. The minimum Gasteiger partial charge on any atom is -0.383 e. The maximum Gasteiger partial charge on any atom is 0.0587 e. The summed E-state index contributed by atoms with van der Waals surface area (Å²) in [7, 11) is 1.72. The van der Waals surface area contributed by atoms with Gasteiger partial charge >= 0.3 is 0 Å². The molecular weight excluding hydrogens is 230 g/mol. The smallest absolute Gasteiger partial charge is 0.0587 e. The van der Waals surface area contributed by atoms with Crippen molar-refractivity contribution in [2.45, 2.75) is 13.3 Å². The van der Waals surface area contributed by atoms with Crippen molar-refractivity contribution < 1.29 is 4.74 Å². The van der Waals surface area contributed by atoms with Crippen molar-refractivity contribution in [3.8, 4) is 0 Å². The molecule has 0 aliphatic carbocycles. The van der Waals surface area contributed by atoms with Crippen LogP contribution in [0.3, 0.4) is 0 Å². The van der Waals surface area contributed by atoms with E-state index in [9.17, 15) is 0 Å². The topological polar surface area (TPSA) is 21.3 Å². The highest BCUT2D eigenvalue weighted by molar-refractivity contribution is 7.10. The van der Waals surface area contributed by atoms with Gasteiger partial charge in [0.25, 0.3) is 0 Å². The van der Waals surface area contributed by atoms with Gasteiger partial charge in [0.05, 0.1) is 11.6 Å². The van der Waals surface area contributed by atoms with Gasteiger partial charge in [-0.3, -0.25) is 0 Å². The molecule has 1 N–H and O–H groups in total. The lowest BCUT2D eigenvalue weighted by Crippen LogP contribution is -2.25. The van der Waals surface area contributed by atoms with Gasteiger partial charge in [-0.25, -0.2) is 0 Å². The summed E-state index contributed by atoms with van der Waals surface area (Å²) in [6.45, 7) is 4.93. The van der Waals surface area contributed by atoms with Crippen LogP contribution >= 0.6 is 22.9 Å². The fourth-order valence-corrected chi connectivity index (χ4v) is 2.66. The molecule has 1 rings (SSSR count). The molecule has 0 aliphatic rings. The zero-order chi connectivity index (χ0) is 11.1. The Balaban J connectivity index is 2.18. The average molecular weight is 248 g/mol. The Kier molecular flexibility index (Phi) is 6.25. The lowest BCUT2D eigenvalue weighted by atomic mass is 10.1. The second kappa shape index (κ2) is 7.23. The molecule has 0 bridgehead atoms. The summed E-state index contributed by atoms with van der Waals surface area (Å²) in [5, 5.41) is 6.31. The first-order valence-corrected chi connectivity index (χ1v) is 6.41. The molecule has 0 saturated carbocycles. The first-order chi connectivity index (χ1) is 7.24. The van der Waals surface area contributed by atoms with Crippen LogP contribution in [0.15, 0.2) is 11.4 Å². The van der Waals surface area contributed by atoms with Gasteiger partial charge in [-0.1, -0.05) is 18.5 Å². The molecule has 1 aromatic heterocycles. The van der Waals surface area contributed by atoms with Gasteiger partial charge in [0, 0.05) is 18.5 Å². The third kappa shape index (κ3) is 4.98. The van der Waals surface area contributed by atoms with Crippen molar-refractivity contribution in [2.75, 3.05) is 26.8 Å². The molecule has 0 fully saturated rings. The van der Waals surface area contributed by atoms with E-state index in [0.717, 1.165) is 31.1 Å². The van der Waals surface area contributed by atoms with Crippen molar-refractivity contribution in [1.29, 1.82) is 0 Å². The highest BCUT2D eigenvalue weighted by Crippen LogP contribution is 2.24. The number of nitrogens with one attached hydrogen (secondary N) is 1. The standard InChI is InChI=1S/C11H18ClNOS/c1-9(8-13-4-5-14-2)7-11-10(12)3-6-15-11/h3,6,9,13H,4-5,7-8H2,1-2H3. The number of hydrogen-bond donors (Lipinski definition) is 1. The lowest BCUT2D eigenvalue weighted by molar-refractivity contribution is 0.198. The summed E-state index contributed by atoms with van der Waals surface area (Å²) in [6, 6.07) is 1.96. The second-order valence-corrected chi connectivity index (χ2v) is 5.11. The molecule has 0 amide bonds. The Labute approximate surface area is 101 Å². The van der Waals surface area contributed by atoms with E-state index in [4.69, 9.17) is 16.3 Å². The number of hydrogen-bond acceptors (Lipinski definition) is 3. The third-order valence-electron chi connectivity index (χ3n) is 2.20. The molecule has 0 saturated heterocycles. The number of thiophene rings is 1. The fourth-order valence-electron chi connectivity index (χ4n) is 1.38. The van der Waals surface area contributed by atoms with E-state index in [1.807, 2.05) is 11.4 Å². The van der Waals surface area contributed by atoms with Gasteiger partial charge < -0.3 is 10.1 Å². The van der Waals surface area contributed by atoms with Crippen LogP contribution in [-0.2, 0) is 11.2 Å². The maximum absolute atomic E-state index is 6.04. The van der Waals surface area contributed by atoms with Crippen molar-refractivity contribution in [3.63, 3.8) is 0 Å². The van der Waals surface area contributed by atoms with Crippen LogP contribution in [0.5, 0.6) is 0 Å². The van der Waals surface area contributed by atoms with E-state index in [0.29, 0.717) is 5.92 Å². The van der Waals surface area contributed by atoms with Crippen LogP contribution < -0.4 is 5.32 Å². The quantitative estimate of drug-likeness (QED) is 0.749. The molecule has 1 unspecified atom stereocenters. The summed E-state index contributed by atoms with van der Waals surface area (Å²) in [6.07, 6.45) is 1.05. The van der Waals surface area contributed by atoms with Crippen molar-refractivity contribution in [3.05, 3.63) is 21.3 Å². The molecule has 15 heavy (non-hydrogen) atoms. The molecule has 2 nitrogen and oxygen atoms in total. The Morgan fingerprint density at radius 2 is 2.40 bits per heavy atom. The van der Waals surface area contributed by atoms with Crippen LogP contribution in [0.1, 0.15) is 11.8 Å². The van der Waals surface area contributed by atoms with Gasteiger partial charge in [-0.05, 0) is 30.3 Å². The highest BCUT2D eigenvalue weighted by Gasteiger charge is 2.07. The van der Waals surface area contributed by atoms with Crippen LogP contribution in [0, 0.1) is 5.92 Å². The molecule has 1 heterocycles. The van der Waals surface area contributed by atoms with Crippen LogP contribution in [0.25, 0.3) is 0 Å². The second-order valence-electron chi connectivity index (χ2n) is 3.70. The molecule has 4 heteroatoms. The van der Waals surface area contributed by atoms with Gasteiger partial charge in [0.2, 0.25) is 0 Å². The van der Waals surface area contributed by atoms with Crippen molar-refractivity contribution in [2.24, 2.45) is 5.92 Å². The maximum atomic E-state index is 6.04. The summed E-state index contributed by atoms with van der Waals surface area (Å²) in [5.74, 6) is 0.609. The van der Waals surface area contributed by atoms with Gasteiger partial charge in [-0.2, -0.15) is 0 Å². The fraction of sp³-hybridized carbons (Fsp3) is 0.636. The number of rotatable bonds is 7. The predicted molar refractivity (Wildman–Crippen MR) is 66.9 cm³/mol. The van der Waals surface area contributed by atoms with Crippen molar-refractivity contribution >= 4 is 22.9 Å². The van der Waals surface area contributed by atoms with Gasteiger partial charge in [0.15, 0.2) is 0 Å². The minimum atomic E-state index is 0.609. The molecule has 0 aliphatic heterocycles. The van der Waals surface area contributed by atoms with E-state index >= 15 is 0 Å². The third-order valence-corrected chi connectivity index (χ3v) is 3.61. The van der Waals surface area contributed by atoms with Crippen molar-refractivity contribution in [1.82, 2.24) is 5.32 Å². The Morgan fingerprint density at radius 1 is 1.60 bits per heavy atom. The van der Waals surface area contributed by atoms with Crippen LogP contribution in [0.2, 0.25) is 5.02 Å². The normalized spacial score (nSPS) is 13.0. The monoisotopic (exact) mass is 247 g/mol. The van der Waals surface area contributed by atoms with E-state index in [-0.39, 0.29) is 0 Å². The Hall–Kier alpha value is -0.0900. The van der Waals surface area contributed by atoms with Crippen LogP contribution in [0.4, 0.5) is 0 Å². The largest absolute Gasteiger partial charge is 0.383 e. The summed E-state index contributed by atoms with van der Waals surface area (Å²) >= 11 is 7.77. The summed E-state index contributed by atoms with van der Waals surface area (Å²) in [5.41, 5.74) is 0. The van der Waals surface area contributed by atoms with E-state index in [2.05, 4.69) is 12.2 Å². The molecule has 1 aromatic rings. The molecule has 1 atom stereocenters. The molecular formula is C11H18ClNOS. The first kappa shape index (κ1) is 13.0. The Morgan fingerprint density at radius 3 is 3.00 bits per heavy atom. The number of halogens is 1. The number of ether oxygens (including phenoxy) is 1. The zero-order valence-electron chi connectivity index (χ0n) is 9.25. The van der Waals surface area contributed by atoms with Gasteiger partial charge in [0.1, 0.15) is 0 Å².